The van der Waals surface area contributed by atoms with Gasteiger partial charge in [-0.05, 0) is 66.1 Å². The maximum atomic E-state index is 13.2. The van der Waals surface area contributed by atoms with Crippen LogP contribution in [-0.2, 0) is 22.6 Å². The third-order valence-electron chi connectivity index (χ3n) is 6.00. The molecule has 5 rings (SSSR count). The number of phenolic OH excluding ortho intramolecular Hbond substituents is 1. The number of fused-ring (bicyclic) bond motifs is 1. The number of hydrogen-bond donors (Lipinski definition) is 2. The van der Waals surface area contributed by atoms with E-state index in [9.17, 15) is 19.8 Å². The van der Waals surface area contributed by atoms with Gasteiger partial charge in [0.15, 0.2) is 0 Å². The van der Waals surface area contributed by atoms with Gasteiger partial charge in [-0.2, -0.15) is 0 Å². The number of aliphatic hydroxyl groups excluding tert-OH is 1. The molecule has 2 aromatic carbocycles. The fourth-order valence-electron chi connectivity index (χ4n) is 4.49. The van der Waals surface area contributed by atoms with Gasteiger partial charge in [0.1, 0.15) is 23.4 Å². The molecule has 2 aliphatic heterocycles. The number of amides is 1. The molecule has 0 unspecified atom stereocenters. The highest BCUT2D eigenvalue weighted by Crippen LogP contribution is 2.41. The van der Waals surface area contributed by atoms with Crippen molar-refractivity contribution in [2.45, 2.75) is 32.0 Å². The first kappa shape index (κ1) is 20.8. The smallest absolute Gasteiger partial charge is 0.295 e. The number of ketones is 1. The van der Waals surface area contributed by atoms with Crippen molar-refractivity contribution in [3.05, 3.63) is 94.8 Å². The molecule has 2 N–H and O–H groups in total. The Hall–Kier alpha value is -4.13. The number of phenols is 1. The molecule has 33 heavy (non-hydrogen) atoms. The van der Waals surface area contributed by atoms with Crippen LogP contribution < -0.4 is 4.74 Å². The summed E-state index contributed by atoms with van der Waals surface area (Å²) in [5.41, 5.74) is 2.69. The molecule has 3 aromatic rings. The lowest BCUT2D eigenvalue weighted by Gasteiger charge is -2.25. The van der Waals surface area contributed by atoms with Crippen LogP contribution >= 0.6 is 0 Å². The normalized spacial score (nSPS) is 21.2. The van der Waals surface area contributed by atoms with Crippen molar-refractivity contribution in [1.82, 2.24) is 9.88 Å². The van der Waals surface area contributed by atoms with Crippen LogP contribution in [0.25, 0.3) is 5.76 Å². The summed E-state index contributed by atoms with van der Waals surface area (Å²) in [7, 11) is 0. The topological polar surface area (TPSA) is 100.0 Å². The van der Waals surface area contributed by atoms with Gasteiger partial charge in [0.25, 0.3) is 11.7 Å². The molecular formula is C26H22N2O5. The fraction of sp³-hybridized carbons (Fsp3) is 0.192. The lowest BCUT2D eigenvalue weighted by molar-refractivity contribution is -0.140. The largest absolute Gasteiger partial charge is 0.508 e. The molecule has 1 saturated heterocycles. The summed E-state index contributed by atoms with van der Waals surface area (Å²) in [6, 6.07) is 14.3. The van der Waals surface area contributed by atoms with Crippen molar-refractivity contribution >= 4 is 17.4 Å². The van der Waals surface area contributed by atoms with Gasteiger partial charge < -0.3 is 19.8 Å². The number of Topliss-reactive ketones (excluding diaryl/α,β-unsaturated/α-hetero) is 1. The van der Waals surface area contributed by atoms with Gasteiger partial charge in [-0.3, -0.25) is 14.6 Å². The number of aliphatic hydroxyl groups is 1. The zero-order chi connectivity index (χ0) is 23.1. The highest BCUT2D eigenvalue weighted by Gasteiger charge is 2.46. The molecule has 1 fully saturated rings. The monoisotopic (exact) mass is 442 g/mol. The standard InChI is InChI=1S/C26H22N2O5/c1-15-11-19-12-18(5-6-21(19)33-15)24(30)22-23(17-3-2-4-20(29)13-17)28(26(32)25(22)31)14-16-7-9-27-10-8-16/h2-10,12-13,15,23,29-30H,11,14H2,1H3/t15-,23+/m1/s1. The first-order valence-electron chi connectivity index (χ1n) is 10.7. The highest BCUT2D eigenvalue weighted by atomic mass is 16.5. The van der Waals surface area contributed by atoms with Crippen molar-refractivity contribution in [3.63, 3.8) is 0 Å². The minimum absolute atomic E-state index is 0.00525. The number of pyridine rings is 1. The Bertz CT molecular complexity index is 1280. The number of likely N-dealkylation sites (tertiary alicyclic amines) is 1. The van der Waals surface area contributed by atoms with Crippen LogP contribution in [0, 0.1) is 0 Å². The maximum Gasteiger partial charge on any atom is 0.295 e. The van der Waals surface area contributed by atoms with Crippen LogP contribution in [-0.4, -0.2) is 37.9 Å². The molecule has 1 aromatic heterocycles. The van der Waals surface area contributed by atoms with Crippen molar-refractivity contribution < 1.29 is 24.5 Å². The Labute approximate surface area is 190 Å². The van der Waals surface area contributed by atoms with E-state index in [-0.39, 0.29) is 29.7 Å². The van der Waals surface area contributed by atoms with E-state index in [0.29, 0.717) is 17.5 Å². The molecule has 1 amide bonds. The van der Waals surface area contributed by atoms with E-state index in [2.05, 4.69) is 4.98 Å². The van der Waals surface area contributed by atoms with Crippen LogP contribution in [0.5, 0.6) is 11.5 Å². The zero-order valence-electron chi connectivity index (χ0n) is 17.9. The van der Waals surface area contributed by atoms with Crippen LogP contribution in [0.3, 0.4) is 0 Å². The molecule has 0 radical (unpaired) electrons. The number of rotatable bonds is 4. The van der Waals surface area contributed by atoms with E-state index in [1.54, 1.807) is 54.9 Å². The van der Waals surface area contributed by atoms with E-state index < -0.39 is 17.7 Å². The summed E-state index contributed by atoms with van der Waals surface area (Å²) in [5, 5.41) is 21.3. The predicted octanol–water partition coefficient (Wildman–Crippen LogP) is 3.73. The van der Waals surface area contributed by atoms with E-state index >= 15 is 0 Å². The van der Waals surface area contributed by atoms with Gasteiger partial charge >= 0.3 is 0 Å². The second kappa shape index (κ2) is 8.09. The molecule has 0 bridgehead atoms. The highest BCUT2D eigenvalue weighted by molar-refractivity contribution is 6.46. The minimum atomic E-state index is -0.853. The van der Waals surface area contributed by atoms with Crippen molar-refractivity contribution in [2.24, 2.45) is 0 Å². The average molecular weight is 442 g/mol. The van der Waals surface area contributed by atoms with Crippen LogP contribution in [0.15, 0.2) is 72.6 Å². The van der Waals surface area contributed by atoms with Gasteiger partial charge in [-0.1, -0.05) is 12.1 Å². The molecular weight excluding hydrogens is 420 g/mol. The predicted molar refractivity (Wildman–Crippen MR) is 120 cm³/mol. The Balaban J connectivity index is 1.64. The Morgan fingerprint density at radius 2 is 1.91 bits per heavy atom. The van der Waals surface area contributed by atoms with Gasteiger partial charge in [0.2, 0.25) is 0 Å². The summed E-state index contributed by atoms with van der Waals surface area (Å²) in [6.45, 7) is 2.12. The van der Waals surface area contributed by atoms with Gasteiger partial charge in [-0.15, -0.1) is 0 Å². The van der Waals surface area contributed by atoms with E-state index in [1.807, 2.05) is 6.92 Å². The second-order valence-electron chi connectivity index (χ2n) is 8.33. The maximum absolute atomic E-state index is 13.2. The summed E-state index contributed by atoms with van der Waals surface area (Å²) in [5.74, 6) is -0.964. The number of benzene rings is 2. The summed E-state index contributed by atoms with van der Waals surface area (Å²) >= 11 is 0. The summed E-state index contributed by atoms with van der Waals surface area (Å²) in [6.07, 6.45) is 3.96. The molecule has 0 saturated carbocycles. The fourth-order valence-corrected chi connectivity index (χ4v) is 4.49. The van der Waals surface area contributed by atoms with E-state index in [1.165, 1.54) is 17.0 Å². The van der Waals surface area contributed by atoms with Crippen molar-refractivity contribution in [3.8, 4) is 11.5 Å². The Morgan fingerprint density at radius 3 is 2.67 bits per heavy atom. The van der Waals surface area contributed by atoms with Crippen LogP contribution in [0.2, 0.25) is 0 Å². The second-order valence-corrected chi connectivity index (χ2v) is 8.33. The number of hydrogen-bond acceptors (Lipinski definition) is 6. The molecule has 166 valence electrons. The zero-order valence-corrected chi connectivity index (χ0v) is 17.9. The van der Waals surface area contributed by atoms with Crippen molar-refractivity contribution in [1.29, 1.82) is 0 Å². The third kappa shape index (κ3) is 3.71. The number of ether oxygens (including phenoxy) is 1. The number of carbonyl (C=O) groups excluding carboxylic acids is 2. The minimum Gasteiger partial charge on any atom is -0.508 e. The first-order chi connectivity index (χ1) is 15.9. The molecule has 2 atom stereocenters. The summed E-state index contributed by atoms with van der Waals surface area (Å²) in [4.78, 5) is 31.7. The lowest BCUT2D eigenvalue weighted by Crippen LogP contribution is -2.29. The molecule has 7 nitrogen and oxygen atoms in total. The molecule has 3 heterocycles. The number of aromatic hydroxyl groups is 1. The molecule has 2 aliphatic rings. The summed E-state index contributed by atoms with van der Waals surface area (Å²) < 4.78 is 5.73. The van der Waals surface area contributed by atoms with Gasteiger partial charge in [0, 0.05) is 30.9 Å². The number of carbonyl (C=O) groups is 2. The van der Waals surface area contributed by atoms with Crippen molar-refractivity contribution in [2.75, 3.05) is 0 Å². The van der Waals surface area contributed by atoms with Crippen LogP contribution in [0.1, 0.15) is 35.2 Å². The third-order valence-corrected chi connectivity index (χ3v) is 6.00. The first-order valence-corrected chi connectivity index (χ1v) is 10.7. The SMILES string of the molecule is C[C@@H]1Cc2cc(C(O)=C3C(=O)C(=O)N(Cc4ccncc4)[C@H]3c3cccc(O)c3)ccc2O1. The molecule has 7 heteroatoms. The quantitative estimate of drug-likeness (QED) is 0.363. The Kier molecular flexibility index (Phi) is 5.09. The van der Waals surface area contributed by atoms with Gasteiger partial charge in [0.05, 0.1) is 11.6 Å². The van der Waals surface area contributed by atoms with Gasteiger partial charge in [-0.25, -0.2) is 0 Å². The molecule has 0 spiro atoms. The average Bonchev–Trinajstić information content (AvgIpc) is 3.30. The molecule has 0 aliphatic carbocycles. The number of nitrogens with zero attached hydrogens (tertiary/aromatic N) is 2. The van der Waals surface area contributed by atoms with E-state index in [0.717, 1.165) is 16.9 Å². The number of aromatic nitrogens is 1. The van der Waals surface area contributed by atoms with Crippen LogP contribution in [0.4, 0.5) is 0 Å². The van der Waals surface area contributed by atoms with E-state index in [4.69, 9.17) is 4.74 Å². The lowest BCUT2D eigenvalue weighted by atomic mass is 9.94. The Morgan fingerprint density at radius 1 is 1.12 bits per heavy atom.